The molecule has 1 heterocycles. The number of carbonyl (C=O) groups is 1. The molecule has 0 atom stereocenters. The van der Waals surface area contributed by atoms with Crippen LogP contribution in [0.1, 0.15) is 10.4 Å². The summed E-state index contributed by atoms with van der Waals surface area (Å²) in [5.41, 5.74) is 0.571. The van der Waals surface area contributed by atoms with Crippen LogP contribution in [0.5, 0.6) is 5.75 Å². The number of phenolic OH excluding ortho intramolecular Hbond substituents is 1. The van der Waals surface area contributed by atoms with E-state index in [1.54, 1.807) is 12.1 Å². The van der Waals surface area contributed by atoms with Gasteiger partial charge in [0.2, 0.25) is 0 Å². The molecular weight excluding hydrogens is 309 g/mol. The lowest BCUT2D eigenvalue weighted by atomic mass is 10.0. The van der Waals surface area contributed by atoms with Crippen LogP contribution in [0.15, 0.2) is 42.6 Å². The second-order valence-electron chi connectivity index (χ2n) is 4.66. The zero-order chi connectivity index (χ0) is 15.9. The van der Waals surface area contributed by atoms with E-state index in [1.807, 2.05) is 0 Å². The highest BCUT2D eigenvalue weighted by Gasteiger charge is 2.16. The fourth-order valence-electron chi connectivity index (χ4n) is 2.26. The molecule has 6 heteroatoms. The van der Waals surface area contributed by atoms with Crippen molar-refractivity contribution in [2.45, 2.75) is 0 Å². The van der Waals surface area contributed by atoms with E-state index >= 15 is 0 Å². The van der Waals surface area contributed by atoms with E-state index in [-0.39, 0.29) is 32.8 Å². The maximum atomic E-state index is 13.9. The molecule has 22 heavy (non-hydrogen) atoms. The van der Waals surface area contributed by atoms with Crippen LogP contribution in [0.3, 0.4) is 0 Å². The number of aromatic carboxylic acids is 1. The zero-order valence-electron chi connectivity index (χ0n) is 11.0. The Morgan fingerprint density at radius 2 is 1.95 bits per heavy atom. The van der Waals surface area contributed by atoms with E-state index in [0.29, 0.717) is 5.56 Å². The number of carboxylic acids is 1. The van der Waals surface area contributed by atoms with Gasteiger partial charge in [0.25, 0.3) is 0 Å². The van der Waals surface area contributed by atoms with Gasteiger partial charge in [-0.15, -0.1) is 0 Å². The lowest BCUT2D eigenvalue weighted by Crippen LogP contribution is -1.97. The van der Waals surface area contributed by atoms with Crippen LogP contribution < -0.4 is 0 Å². The highest BCUT2D eigenvalue weighted by molar-refractivity contribution is 6.32. The average Bonchev–Trinajstić information content (AvgIpc) is 2.50. The predicted octanol–water partition coefficient (Wildman–Crippen LogP) is 4.10. The molecule has 3 rings (SSSR count). The molecule has 2 aromatic carbocycles. The maximum absolute atomic E-state index is 13.9. The molecule has 0 unspecified atom stereocenters. The van der Waals surface area contributed by atoms with Crippen LogP contribution in [0, 0.1) is 5.82 Å². The number of para-hydroxylation sites is 1. The van der Waals surface area contributed by atoms with Gasteiger partial charge in [0.1, 0.15) is 11.6 Å². The predicted molar refractivity (Wildman–Crippen MR) is 80.8 cm³/mol. The molecule has 2 N–H and O–H groups in total. The highest BCUT2D eigenvalue weighted by Crippen LogP contribution is 2.37. The van der Waals surface area contributed by atoms with E-state index in [2.05, 4.69) is 4.98 Å². The lowest BCUT2D eigenvalue weighted by molar-refractivity contribution is 0.0697. The lowest BCUT2D eigenvalue weighted by Gasteiger charge is -2.10. The van der Waals surface area contributed by atoms with Crippen molar-refractivity contribution in [1.29, 1.82) is 0 Å². The van der Waals surface area contributed by atoms with Crippen LogP contribution in [0.4, 0.5) is 4.39 Å². The van der Waals surface area contributed by atoms with Crippen molar-refractivity contribution in [3.63, 3.8) is 0 Å². The molecule has 0 bridgehead atoms. The number of rotatable bonds is 2. The molecular formula is C16H9ClFNO3. The number of benzene rings is 2. The monoisotopic (exact) mass is 317 g/mol. The zero-order valence-corrected chi connectivity index (χ0v) is 11.8. The van der Waals surface area contributed by atoms with Crippen molar-refractivity contribution in [1.82, 2.24) is 4.98 Å². The molecule has 0 aliphatic carbocycles. The third-order valence-corrected chi connectivity index (χ3v) is 3.63. The van der Waals surface area contributed by atoms with Gasteiger partial charge in [0.05, 0.1) is 22.5 Å². The fourth-order valence-corrected chi connectivity index (χ4v) is 2.44. The van der Waals surface area contributed by atoms with Gasteiger partial charge >= 0.3 is 5.97 Å². The van der Waals surface area contributed by atoms with Gasteiger partial charge in [-0.05, 0) is 24.3 Å². The SMILES string of the molecule is O=C(O)c1ccc2c(F)cnc(-c3cccc(Cl)c3O)c2c1. The minimum atomic E-state index is -1.13. The standard InChI is InChI=1S/C16H9ClFNO3/c17-12-3-1-2-10(15(12)20)14-11-6-8(16(21)22)4-5-9(11)13(18)7-19-14/h1-7,20H,(H,21,22). The van der Waals surface area contributed by atoms with Crippen molar-refractivity contribution in [3.05, 3.63) is 59.0 Å². The number of nitrogens with zero attached hydrogens (tertiary/aromatic N) is 1. The third-order valence-electron chi connectivity index (χ3n) is 3.33. The first-order valence-corrected chi connectivity index (χ1v) is 6.66. The molecule has 4 nitrogen and oxygen atoms in total. The molecule has 110 valence electrons. The topological polar surface area (TPSA) is 70.4 Å². The Kier molecular flexibility index (Phi) is 3.42. The van der Waals surface area contributed by atoms with Gasteiger partial charge < -0.3 is 10.2 Å². The summed E-state index contributed by atoms with van der Waals surface area (Å²) in [6.07, 6.45) is 1.03. The first-order valence-electron chi connectivity index (χ1n) is 6.28. The first kappa shape index (κ1) is 14.3. The number of hydrogen-bond acceptors (Lipinski definition) is 3. The van der Waals surface area contributed by atoms with Crippen molar-refractivity contribution < 1.29 is 19.4 Å². The first-order chi connectivity index (χ1) is 10.5. The largest absolute Gasteiger partial charge is 0.506 e. The normalized spacial score (nSPS) is 10.8. The molecule has 0 aliphatic heterocycles. The van der Waals surface area contributed by atoms with Crippen molar-refractivity contribution in [2.75, 3.05) is 0 Å². The number of halogens is 2. The fraction of sp³-hybridized carbons (Fsp3) is 0. The van der Waals surface area contributed by atoms with Gasteiger partial charge in [-0.25, -0.2) is 9.18 Å². The quantitative estimate of drug-likeness (QED) is 0.746. The summed E-state index contributed by atoms with van der Waals surface area (Å²) < 4.78 is 13.9. The van der Waals surface area contributed by atoms with E-state index < -0.39 is 11.8 Å². The summed E-state index contributed by atoms with van der Waals surface area (Å²) in [5, 5.41) is 19.8. The maximum Gasteiger partial charge on any atom is 0.335 e. The van der Waals surface area contributed by atoms with E-state index in [4.69, 9.17) is 16.7 Å². The van der Waals surface area contributed by atoms with Crippen molar-refractivity contribution >= 4 is 28.3 Å². The van der Waals surface area contributed by atoms with Crippen LogP contribution in [-0.2, 0) is 0 Å². The molecule has 0 spiro atoms. The minimum absolute atomic E-state index is 0.00247. The van der Waals surface area contributed by atoms with Gasteiger partial charge in [0, 0.05) is 16.3 Å². The number of phenols is 1. The smallest absolute Gasteiger partial charge is 0.335 e. The van der Waals surface area contributed by atoms with Gasteiger partial charge in [-0.3, -0.25) is 4.98 Å². The Morgan fingerprint density at radius 3 is 2.68 bits per heavy atom. The summed E-state index contributed by atoms with van der Waals surface area (Å²) in [6, 6.07) is 8.72. The Balaban J connectivity index is 2.38. The number of aromatic nitrogens is 1. The summed E-state index contributed by atoms with van der Waals surface area (Å²) in [7, 11) is 0. The summed E-state index contributed by atoms with van der Waals surface area (Å²) in [5.74, 6) is -1.89. The Bertz CT molecular complexity index is 911. The summed E-state index contributed by atoms with van der Waals surface area (Å²) in [4.78, 5) is 15.1. The second kappa shape index (κ2) is 5.27. The third kappa shape index (κ3) is 2.25. The average molecular weight is 318 g/mol. The van der Waals surface area contributed by atoms with E-state index in [1.165, 1.54) is 24.3 Å². The second-order valence-corrected chi connectivity index (χ2v) is 5.06. The van der Waals surface area contributed by atoms with Crippen molar-refractivity contribution in [2.24, 2.45) is 0 Å². The van der Waals surface area contributed by atoms with Crippen LogP contribution in [0.25, 0.3) is 22.0 Å². The summed E-state index contributed by atoms with van der Waals surface area (Å²) >= 11 is 5.88. The van der Waals surface area contributed by atoms with E-state index in [9.17, 15) is 14.3 Å². The van der Waals surface area contributed by atoms with Crippen LogP contribution in [0.2, 0.25) is 5.02 Å². The molecule has 0 amide bonds. The number of fused-ring (bicyclic) bond motifs is 1. The highest BCUT2D eigenvalue weighted by atomic mass is 35.5. The Labute approximate surface area is 129 Å². The number of pyridine rings is 1. The Hall–Kier alpha value is -2.66. The van der Waals surface area contributed by atoms with Crippen molar-refractivity contribution in [3.8, 4) is 17.0 Å². The van der Waals surface area contributed by atoms with Crippen LogP contribution in [-0.4, -0.2) is 21.2 Å². The van der Waals surface area contributed by atoms with E-state index in [0.717, 1.165) is 6.20 Å². The van der Waals surface area contributed by atoms with Crippen LogP contribution >= 0.6 is 11.6 Å². The number of aromatic hydroxyl groups is 1. The Morgan fingerprint density at radius 1 is 1.18 bits per heavy atom. The molecule has 1 aromatic heterocycles. The number of hydrogen-bond donors (Lipinski definition) is 2. The summed E-state index contributed by atoms with van der Waals surface area (Å²) in [6.45, 7) is 0. The van der Waals surface area contributed by atoms with Gasteiger partial charge in [-0.1, -0.05) is 23.7 Å². The van der Waals surface area contributed by atoms with Gasteiger partial charge in [0.15, 0.2) is 0 Å². The molecule has 0 fully saturated rings. The number of carboxylic acid groups (broad SMARTS) is 1. The molecule has 0 saturated carbocycles. The minimum Gasteiger partial charge on any atom is -0.506 e. The molecule has 0 aliphatic rings. The molecule has 3 aromatic rings. The van der Waals surface area contributed by atoms with Gasteiger partial charge in [-0.2, -0.15) is 0 Å². The molecule has 0 radical (unpaired) electrons. The molecule has 0 saturated heterocycles.